The lowest BCUT2D eigenvalue weighted by Crippen LogP contribution is -2.49. The van der Waals surface area contributed by atoms with E-state index >= 15 is 0 Å². The highest BCUT2D eigenvalue weighted by Gasteiger charge is 2.38. The second kappa shape index (κ2) is 6.44. The summed E-state index contributed by atoms with van der Waals surface area (Å²) in [5, 5.41) is 3.61. The quantitative estimate of drug-likeness (QED) is 0.884. The van der Waals surface area contributed by atoms with Gasteiger partial charge in [0.1, 0.15) is 11.6 Å². The van der Waals surface area contributed by atoms with Crippen LogP contribution in [0.1, 0.15) is 23.9 Å². The van der Waals surface area contributed by atoms with Crippen LogP contribution in [-0.2, 0) is 23.0 Å². The van der Waals surface area contributed by atoms with Crippen LogP contribution in [0.2, 0.25) is 0 Å². The van der Waals surface area contributed by atoms with E-state index in [9.17, 15) is 8.42 Å². The molecule has 0 bridgehead atoms. The van der Waals surface area contributed by atoms with Gasteiger partial charge in [0.05, 0.1) is 19.3 Å². The molecule has 1 fully saturated rings. The van der Waals surface area contributed by atoms with Crippen molar-refractivity contribution in [1.82, 2.24) is 19.2 Å². The summed E-state index contributed by atoms with van der Waals surface area (Å²) in [5.41, 5.74) is 0.877. The largest absolute Gasteiger partial charge is 0.496 e. The van der Waals surface area contributed by atoms with E-state index in [1.807, 2.05) is 28.8 Å². The maximum atomic E-state index is 13.4. The van der Waals surface area contributed by atoms with Crippen molar-refractivity contribution in [2.24, 2.45) is 0 Å². The zero-order valence-corrected chi connectivity index (χ0v) is 15.0. The van der Waals surface area contributed by atoms with Gasteiger partial charge in [0.15, 0.2) is 5.03 Å². The Hall–Kier alpha value is -1.90. The van der Waals surface area contributed by atoms with Gasteiger partial charge in [0, 0.05) is 38.2 Å². The van der Waals surface area contributed by atoms with Gasteiger partial charge >= 0.3 is 0 Å². The highest BCUT2D eigenvalue weighted by molar-refractivity contribution is 7.89. The number of rotatable bonds is 4. The summed E-state index contributed by atoms with van der Waals surface area (Å²) in [7, 11) is -2.02. The van der Waals surface area contributed by atoms with Crippen molar-refractivity contribution in [2.75, 3.05) is 26.7 Å². The fourth-order valence-corrected chi connectivity index (χ4v) is 5.49. The fraction of sp³-hybridized carbons (Fsp3) is 0.471. The molecule has 0 saturated carbocycles. The Balaban J connectivity index is 1.76. The first-order valence-electron chi connectivity index (χ1n) is 8.53. The lowest BCUT2D eigenvalue weighted by Gasteiger charge is -2.35. The third kappa shape index (κ3) is 2.74. The first-order valence-corrected chi connectivity index (χ1v) is 9.97. The topological polar surface area (TPSA) is 76.5 Å². The van der Waals surface area contributed by atoms with E-state index in [0.717, 1.165) is 30.8 Å². The standard InChI is InChI=1S/C17H22N4O3S/c1-24-15-6-3-2-5-13(15)14-11-18-8-10-21(14)25(22,23)17-12-19-16-7-4-9-20(16)17/h2-3,5-6,12,14,18H,4,7-11H2,1H3. The van der Waals surface area contributed by atoms with Crippen LogP contribution in [0.4, 0.5) is 0 Å². The molecule has 2 aliphatic rings. The molecule has 0 amide bonds. The molecule has 7 nitrogen and oxygen atoms in total. The predicted octanol–water partition coefficient (Wildman–Crippen LogP) is 1.17. The summed E-state index contributed by atoms with van der Waals surface area (Å²) in [4.78, 5) is 4.31. The molecule has 25 heavy (non-hydrogen) atoms. The van der Waals surface area contributed by atoms with Gasteiger partial charge in [-0.2, -0.15) is 4.31 Å². The number of benzene rings is 1. The Kier molecular flexibility index (Phi) is 4.26. The SMILES string of the molecule is COc1ccccc1C1CNCCN1S(=O)(=O)c1cnc2n1CCC2. The summed E-state index contributed by atoms with van der Waals surface area (Å²) in [5.74, 6) is 1.57. The van der Waals surface area contributed by atoms with Crippen LogP contribution in [0.25, 0.3) is 0 Å². The Morgan fingerprint density at radius 1 is 1.28 bits per heavy atom. The normalized spacial score (nSPS) is 21.2. The maximum absolute atomic E-state index is 13.4. The van der Waals surface area contributed by atoms with Crippen LogP contribution in [0.15, 0.2) is 35.5 Å². The summed E-state index contributed by atoms with van der Waals surface area (Å²) < 4.78 is 35.7. The van der Waals surface area contributed by atoms with E-state index in [-0.39, 0.29) is 6.04 Å². The van der Waals surface area contributed by atoms with Gasteiger partial charge in [-0.05, 0) is 12.5 Å². The molecule has 4 rings (SSSR count). The molecule has 0 aliphatic carbocycles. The Bertz CT molecular complexity index is 878. The smallest absolute Gasteiger partial charge is 0.260 e. The molecule has 1 N–H and O–H groups in total. The number of methoxy groups -OCH3 is 1. The molecular formula is C17H22N4O3S. The van der Waals surface area contributed by atoms with Gasteiger partial charge in [0.25, 0.3) is 10.0 Å². The first-order chi connectivity index (χ1) is 12.1. The van der Waals surface area contributed by atoms with Crippen LogP contribution in [-0.4, -0.2) is 49.0 Å². The number of ether oxygens (including phenoxy) is 1. The molecule has 2 aromatic rings. The molecule has 3 heterocycles. The van der Waals surface area contributed by atoms with E-state index in [4.69, 9.17) is 4.74 Å². The van der Waals surface area contributed by atoms with Crippen LogP contribution < -0.4 is 10.1 Å². The van der Waals surface area contributed by atoms with Gasteiger partial charge in [0.2, 0.25) is 0 Å². The second-order valence-electron chi connectivity index (χ2n) is 6.35. The number of hydrogen-bond acceptors (Lipinski definition) is 5. The fourth-order valence-electron chi connectivity index (χ4n) is 3.74. The van der Waals surface area contributed by atoms with Gasteiger partial charge in [-0.1, -0.05) is 18.2 Å². The number of nitrogens with one attached hydrogen (secondary N) is 1. The van der Waals surface area contributed by atoms with Crippen molar-refractivity contribution in [3.63, 3.8) is 0 Å². The minimum absolute atomic E-state index is 0.303. The molecule has 1 unspecified atom stereocenters. The van der Waals surface area contributed by atoms with E-state index in [1.54, 1.807) is 11.4 Å². The van der Waals surface area contributed by atoms with Crippen molar-refractivity contribution in [3.05, 3.63) is 41.9 Å². The third-order valence-corrected chi connectivity index (χ3v) is 6.86. The van der Waals surface area contributed by atoms with Gasteiger partial charge in [-0.3, -0.25) is 0 Å². The molecule has 1 saturated heterocycles. The Labute approximate surface area is 147 Å². The van der Waals surface area contributed by atoms with Crippen LogP contribution in [0.3, 0.4) is 0 Å². The summed E-state index contributed by atoms with van der Waals surface area (Å²) in [6, 6.07) is 7.29. The van der Waals surface area contributed by atoms with E-state index in [1.165, 1.54) is 6.20 Å². The third-order valence-electron chi connectivity index (χ3n) is 4.95. The van der Waals surface area contributed by atoms with Crippen molar-refractivity contribution in [2.45, 2.75) is 30.5 Å². The average molecular weight is 362 g/mol. The lowest BCUT2D eigenvalue weighted by atomic mass is 10.0. The van der Waals surface area contributed by atoms with Crippen molar-refractivity contribution in [3.8, 4) is 5.75 Å². The van der Waals surface area contributed by atoms with Crippen LogP contribution >= 0.6 is 0 Å². The number of imidazole rings is 1. The molecule has 2 aliphatic heterocycles. The minimum atomic E-state index is -3.63. The van der Waals surface area contributed by atoms with E-state index in [0.29, 0.717) is 30.4 Å². The van der Waals surface area contributed by atoms with Crippen molar-refractivity contribution < 1.29 is 13.2 Å². The van der Waals surface area contributed by atoms with E-state index < -0.39 is 10.0 Å². The number of sulfonamides is 1. The van der Waals surface area contributed by atoms with Crippen molar-refractivity contribution in [1.29, 1.82) is 0 Å². The molecule has 134 valence electrons. The molecular weight excluding hydrogens is 340 g/mol. The monoisotopic (exact) mass is 362 g/mol. The summed E-state index contributed by atoms with van der Waals surface area (Å²) in [6.07, 6.45) is 3.29. The average Bonchev–Trinajstić information content (AvgIpc) is 3.25. The number of nitrogens with zero attached hydrogens (tertiary/aromatic N) is 3. The minimum Gasteiger partial charge on any atom is -0.496 e. The lowest BCUT2D eigenvalue weighted by molar-refractivity contribution is 0.263. The molecule has 8 heteroatoms. The number of aromatic nitrogens is 2. The van der Waals surface area contributed by atoms with Crippen molar-refractivity contribution >= 4 is 10.0 Å². The zero-order valence-electron chi connectivity index (χ0n) is 14.2. The zero-order chi connectivity index (χ0) is 17.4. The number of para-hydroxylation sites is 1. The Morgan fingerprint density at radius 2 is 2.12 bits per heavy atom. The molecule has 1 aromatic heterocycles. The molecule has 1 aromatic carbocycles. The second-order valence-corrected chi connectivity index (χ2v) is 8.18. The van der Waals surface area contributed by atoms with Crippen LogP contribution in [0, 0.1) is 0 Å². The molecule has 0 spiro atoms. The van der Waals surface area contributed by atoms with Gasteiger partial charge in [-0.15, -0.1) is 0 Å². The number of piperazine rings is 1. The highest BCUT2D eigenvalue weighted by Crippen LogP contribution is 2.34. The maximum Gasteiger partial charge on any atom is 0.260 e. The predicted molar refractivity (Wildman–Crippen MR) is 93.0 cm³/mol. The number of hydrogen-bond donors (Lipinski definition) is 1. The van der Waals surface area contributed by atoms with Crippen LogP contribution in [0.5, 0.6) is 5.75 Å². The summed E-state index contributed by atoms with van der Waals surface area (Å²) >= 11 is 0. The highest BCUT2D eigenvalue weighted by atomic mass is 32.2. The van der Waals surface area contributed by atoms with Gasteiger partial charge in [-0.25, -0.2) is 13.4 Å². The summed E-state index contributed by atoms with van der Waals surface area (Å²) in [6.45, 7) is 2.33. The molecule has 1 atom stereocenters. The van der Waals surface area contributed by atoms with Gasteiger partial charge < -0.3 is 14.6 Å². The first kappa shape index (κ1) is 16.6. The number of aryl methyl sites for hydroxylation is 1. The Morgan fingerprint density at radius 3 is 2.96 bits per heavy atom. The number of fused-ring (bicyclic) bond motifs is 1. The molecule has 0 radical (unpaired) electrons. The van der Waals surface area contributed by atoms with E-state index in [2.05, 4.69) is 10.3 Å².